The summed E-state index contributed by atoms with van der Waals surface area (Å²) in [5.74, 6) is 0.633. The molecule has 0 nitrogen and oxygen atoms in total. The third-order valence-electron chi connectivity index (χ3n) is 10.5. The van der Waals surface area contributed by atoms with Crippen molar-refractivity contribution in [2.45, 2.75) is 32.1 Å². The Morgan fingerprint density at radius 3 is 1.20 bits per heavy atom. The predicted octanol–water partition coefficient (Wildman–Crippen LogP) is 11.5. The molecule has 0 aromatic heterocycles. The molecule has 2 heteroatoms. The molecular formula is C48H50BP. The van der Waals surface area contributed by atoms with Gasteiger partial charge in [0.25, 0.3) is 0 Å². The SMILES string of the molecule is C[PH](C)(C)C/C(=C(\B(c1ccc(-c2ccccc2)cc1)c1ccc(-c2ccccc2)cc1)c1ccc(-c2ccccc2)cc1)C1CCCCC1. The summed E-state index contributed by atoms with van der Waals surface area (Å²) < 4.78 is 0. The number of hydrogen-bond donors (Lipinski definition) is 0. The van der Waals surface area contributed by atoms with E-state index in [0.717, 1.165) is 0 Å². The molecule has 0 unspecified atom stereocenters. The summed E-state index contributed by atoms with van der Waals surface area (Å²) in [6, 6.07) is 60.9. The van der Waals surface area contributed by atoms with Gasteiger partial charge in [0.05, 0.1) is 0 Å². The molecule has 1 fully saturated rings. The van der Waals surface area contributed by atoms with Crippen LogP contribution in [0.15, 0.2) is 169 Å². The molecule has 0 aliphatic heterocycles. The van der Waals surface area contributed by atoms with Crippen molar-refractivity contribution in [3.63, 3.8) is 0 Å². The first-order valence-corrected chi connectivity index (χ1v) is 22.3. The van der Waals surface area contributed by atoms with E-state index >= 15 is 0 Å². The van der Waals surface area contributed by atoms with Gasteiger partial charge in [-0.15, -0.1) is 0 Å². The van der Waals surface area contributed by atoms with Crippen molar-refractivity contribution >= 4 is 30.4 Å². The van der Waals surface area contributed by atoms with Crippen molar-refractivity contribution in [2.75, 3.05) is 26.2 Å². The average molecular weight is 669 g/mol. The van der Waals surface area contributed by atoms with Crippen LogP contribution in [0.25, 0.3) is 38.9 Å². The molecule has 0 bridgehead atoms. The van der Waals surface area contributed by atoms with Crippen molar-refractivity contribution in [2.24, 2.45) is 5.92 Å². The van der Waals surface area contributed by atoms with Crippen LogP contribution >= 0.6 is 7.26 Å². The summed E-state index contributed by atoms with van der Waals surface area (Å²) in [7, 11) is -1.48. The van der Waals surface area contributed by atoms with E-state index in [1.807, 2.05) is 0 Å². The molecule has 250 valence electrons. The van der Waals surface area contributed by atoms with Gasteiger partial charge in [-0.1, -0.05) is 0 Å². The zero-order valence-electron chi connectivity index (χ0n) is 30.0. The number of allylic oxidation sites excluding steroid dienone is 1. The van der Waals surface area contributed by atoms with Gasteiger partial charge < -0.3 is 0 Å². The van der Waals surface area contributed by atoms with Crippen LogP contribution in [0.5, 0.6) is 0 Å². The molecule has 1 aliphatic carbocycles. The van der Waals surface area contributed by atoms with Crippen LogP contribution < -0.4 is 10.9 Å². The zero-order valence-corrected chi connectivity index (χ0v) is 31.0. The Balaban J connectivity index is 1.44. The van der Waals surface area contributed by atoms with Crippen molar-refractivity contribution in [1.82, 2.24) is 0 Å². The van der Waals surface area contributed by atoms with Gasteiger partial charge in [0.15, 0.2) is 0 Å². The molecule has 1 aliphatic rings. The molecular weight excluding hydrogens is 618 g/mol. The third kappa shape index (κ3) is 8.12. The second kappa shape index (κ2) is 15.6. The molecule has 0 saturated heterocycles. The van der Waals surface area contributed by atoms with Crippen LogP contribution in [0.1, 0.15) is 37.7 Å². The van der Waals surface area contributed by atoms with E-state index in [2.05, 4.69) is 184 Å². The first-order chi connectivity index (χ1) is 24.4. The topological polar surface area (TPSA) is 0 Å². The standard InChI is InChI=1S/C48H50BP/c1-50(2,3)36-47(43-22-14-7-15-23-43)48(44-26-24-40(25-27-44)37-16-8-4-9-17-37)49(45-32-28-41(29-33-45)38-18-10-5-11-19-38)46-34-30-42(31-35-46)39-20-12-6-13-21-39/h4-6,8-13,16-21,24-35,43,50H,7,14-15,22-23,36H2,1-3H3/b48-47+. The fraction of sp³-hybridized carbons (Fsp3) is 0.208. The van der Waals surface area contributed by atoms with Gasteiger partial charge in [-0.3, -0.25) is 0 Å². The molecule has 0 radical (unpaired) electrons. The first-order valence-electron chi connectivity index (χ1n) is 18.6. The quantitative estimate of drug-likeness (QED) is 0.101. The molecule has 50 heavy (non-hydrogen) atoms. The molecule has 6 aromatic rings. The van der Waals surface area contributed by atoms with E-state index in [1.54, 1.807) is 11.0 Å². The van der Waals surface area contributed by atoms with Crippen molar-refractivity contribution < 1.29 is 0 Å². The molecule has 0 spiro atoms. The van der Waals surface area contributed by atoms with Gasteiger partial charge in [0.1, 0.15) is 0 Å². The third-order valence-corrected chi connectivity index (χ3v) is 11.9. The summed E-state index contributed by atoms with van der Waals surface area (Å²) in [6.07, 6.45) is 7.87. The number of hydrogen-bond acceptors (Lipinski definition) is 0. The molecule has 1 saturated carbocycles. The number of benzene rings is 6. The van der Waals surface area contributed by atoms with E-state index in [-0.39, 0.29) is 6.71 Å². The van der Waals surface area contributed by atoms with Crippen LogP contribution in [-0.4, -0.2) is 32.9 Å². The Morgan fingerprint density at radius 2 is 0.820 bits per heavy atom. The number of rotatable bonds is 10. The van der Waals surface area contributed by atoms with Crippen LogP contribution in [0.4, 0.5) is 0 Å². The predicted molar refractivity (Wildman–Crippen MR) is 225 cm³/mol. The summed E-state index contributed by atoms with van der Waals surface area (Å²) in [6.45, 7) is 7.80. The van der Waals surface area contributed by atoms with Gasteiger partial charge in [-0.25, -0.2) is 0 Å². The Labute approximate surface area is 301 Å². The summed E-state index contributed by atoms with van der Waals surface area (Å²) >= 11 is 0. The van der Waals surface area contributed by atoms with Gasteiger partial charge in [0.2, 0.25) is 0 Å². The van der Waals surface area contributed by atoms with E-state index in [1.165, 1.54) is 88.1 Å². The van der Waals surface area contributed by atoms with Gasteiger partial charge in [-0.05, 0) is 0 Å². The Bertz CT molecular complexity index is 1900. The summed E-state index contributed by atoms with van der Waals surface area (Å²) in [5, 5.41) is 0. The van der Waals surface area contributed by atoms with E-state index in [4.69, 9.17) is 0 Å². The first kappa shape index (κ1) is 34.0. The van der Waals surface area contributed by atoms with Gasteiger partial charge in [-0.2, -0.15) is 0 Å². The van der Waals surface area contributed by atoms with Crippen molar-refractivity contribution in [3.05, 3.63) is 175 Å². The van der Waals surface area contributed by atoms with Crippen LogP contribution in [0.2, 0.25) is 0 Å². The second-order valence-corrected chi connectivity index (χ2v) is 20.8. The van der Waals surface area contributed by atoms with E-state index < -0.39 is 7.26 Å². The normalized spacial score (nSPS) is 14.5. The van der Waals surface area contributed by atoms with Crippen LogP contribution in [-0.2, 0) is 0 Å². The average Bonchev–Trinajstić information content (AvgIpc) is 3.17. The molecule has 0 heterocycles. The molecule has 0 atom stereocenters. The molecule has 0 amide bonds. The Kier molecular flexibility index (Phi) is 10.6. The fourth-order valence-corrected chi connectivity index (χ4v) is 9.64. The zero-order chi connectivity index (χ0) is 34.3. The molecule has 0 N–H and O–H groups in total. The second-order valence-electron chi connectivity index (χ2n) is 15.4. The van der Waals surface area contributed by atoms with Crippen LogP contribution in [0.3, 0.4) is 0 Å². The summed E-state index contributed by atoms with van der Waals surface area (Å²) in [5.41, 5.74) is 14.9. The molecule has 7 rings (SSSR count). The maximum atomic E-state index is 2.56. The van der Waals surface area contributed by atoms with Crippen LogP contribution in [0, 0.1) is 5.92 Å². The Hall–Kier alpha value is -4.45. The minimum absolute atomic E-state index is 0.125. The van der Waals surface area contributed by atoms with Crippen molar-refractivity contribution in [3.8, 4) is 33.4 Å². The summed E-state index contributed by atoms with van der Waals surface area (Å²) in [4.78, 5) is 0. The van der Waals surface area contributed by atoms with E-state index in [9.17, 15) is 0 Å². The Morgan fingerprint density at radius 1 is 0.460 bits per heavy atom. The van der Waals surface area contributed by atoms with Crippen molar-refractivity contribution in [1.29, 1.82) is 0 Å². The van der Waals surface area contributed by atoms with Gasteiger partial charge in [0, 0.05) is 0 Å². The van der Waals surface area contributed by atoms with E-state index in [0.29, 0.717) is 5.92 Å². The monoisotopic (exact) mass is 668 g/mol. The maximum absolute atomic E-state index is 2.56. The fourth-order valence-electron chi connectivity index (χ4n) is 8.02. The van der Waals surface area contributed by atoms with Gasteiger partial charge >= 0.3 is 303 Å². The molecule has 6 aromatic carbocycles. The minimum atomic E-state index is -1.48.